The number of H-pyrrole nitrogens is 1. The lowest BCUT2D eigenvalue weighted by molar-refractivity contribution is 0.0971. The minimum Gasteiger partial charge on any atom is -0.497 e. The number of anilines is 1. The average Bonchev–Trinajstić information content (AvgIpc) is 3.24. The van der Waals surface area contributed by atoms with Crippen LogP contribution in [0.15, 0.2) is 60.8 Å². The van der Waals surface area contributed by atoms with Gasteiger partial charge in [0.15, 0.2) is 5.78 Å². The first-order valence-corrected chi connectivity index (χ1v) is 11.0. The van der Waals surface area contributed by atoms with Crippen molar-refractivity contribution in [1.82, 2.24) is 4.98 Å². The summed E-state index contributed by atoms with van der Waals surface area (Å²) in [6.07, 6.45) is 1.59. The second kappa shape index (κ2) is 10.2. The highest BCUT2D eigenvalue weighted by Gasteiger charge is 2.26. The van der Waals surface area contributed by atoms with Crippen LogP contribution in [0.4, 0.5) is 10.1 Å². The number of ether oxygens (including phenoxy) is 2. The quantitative estimate of drug-likeness (QED) is 0.267. The summed E-state index contributed by atoms with van der Waals surface area (Å²) in [6, 6.07) is 14.0. The molecule has 0 radical (unpaired) electrons. The Morgan fingerprint density at radius 3 is 2.68 bits per heavy atom. The van der Waals surface area contributed by atoms with Gasteiger partial charge in [0.2, 0.25) is 0 Å². The van der Waals surface area contributed by atoms with Gasteiger partial charge in [-0.2, -0.15) is 0 Å². The first kappa shape index (κ1) is 23.6. The summed E-state index contributed by atoms with van der Waals surface area (Å²) in [5, 5.41) is 13.6. The molecule has 0 spiro atoms. The number of carbonyl (C=O) groups is 1. The fraction of sp³-hybridized carbons (Fsp3) is 0.192. The molecule has 0 aliphatic carbocycles. The Morgan fingerprint density at radius 1 is 1.15 bits per heavy atom. The van der Waals surface area contributed by atoms with Crippen LogP contribution in [0.5, 0.6) is 11.5 Å². The summed E-state index contributed by atoms with van der Waals surface area (Å²) in [5.41, 5.74) is 3.14. The van der Waals surface area contributed by atoms with E-state index in [1.165, 1.54) is 19.2 Å². The molecule has 0 saturated carbocycles. The highest BCUT2D eigenvalue weighted by molar-refractivity contribution is 6.30. The number of hydrogen-bond acceptors (Lipinski definition) is 5. The molecular weight excluding hydrogens is 459 g/mol. The molecule has 3 N–H and O–H groups in total. The maximum absolute atomic E-state index is 13.9. The predicted octanol–water partition coefficient (Wildman–Crippen LogP) is 5.68. The van der Waals surface area contributed by atoms with E-state index in [1.54, 1.807) is 42.6 Å². The summed E-state index contributed by atoms with van der Waals surface area (Å²) in [6.45, 7) is 1.87. The number of fused-ring (bicyclic) bond motifs is 1. The first-order valence-electron chi connectivity index (χ1n) is 10.7. The summed E-state index contributed by atoms with van der Waals surface area (Å²) in [4.78, 5) is 16.8. The van der Waals surface area contributed by atoms with Crippen LogP contribution in [0.25, 0.3) is 10.9 Å². The normalized spacial score (nSPS) is 11.9. The Hall–Kier alpha value is -3.55. The van der Waals surface area contributed by atoms with E-state index in [4.69, 9.17) is 26.2 Å². The fourth-order valence-electron chi connectivity index (χ4n) is 3.89. The Kier molecular flexibility index (Phi) is 7.05. The molecule has 0 aliphatic heterocycles. The van der Waals surface area contributed by atoms with E-state index in [2.05, 4.69) is 10.3 Å². The molecule has 176 valence electrons. The lowest BCUT2D eigenvalue weighted by Gasteiger charge is -2.22. The molecule has 4 aromatic rings. The van der Waals surface area contributed by atoms with Gasteiger partial charge >= 0.3 is 0 Å². The number of hydrogen-bond donors (Lipinski definition) is 3. The minimum atomic E-state index is -0.779. The number of aromatic nitrogens is 1. The smallest absolute Gasteiger partial charge is 0.191 e. The van der Waals surface area contributed by atoms with Gasteiger partial charge in [0.25, 0.3) is 0 Å². The number of rotatable bonds is 9. The first-order chi connectivity index (χ1) is 16.4. The monoisotopic (exact) mass is 482 g/mol. The number of carbonyl (C=O) groups excluding carboxylic acids is 1. The zero-order valence-electron chi connectivity index (χ0n) is 18.7. The lowest BCUT2D eigenvalue weighted by atomic mass is 9.93. The van der Waals surface area contributed by atoms with E-state index >= 15 is 0 Å². The van der Waals surface area contributed by atoms with Crippen molar-refractivity contribution in [3.8, 4) is 11.5 Å². The van der Waals surface area contributed by atoms with Crippen molar-refractivity contribution in [2.75, 3.05) is 25.6 Å². The number of methoxy groups -OCH3 is 1. The molecule has 1 heterocycles. The van der Waals surface area contributed by atoms with Crippen molar-refractivity contribution < 1.29 is 23.8 Å². The molecule has 0 aliphatic rings. The maximum Gasteiger partial charge on any atom is 0.191 e. The van der Waals surface area contributed by atoms with Crippen molar-refractivity contribution >= 4 is 34.0 Å². The van der Waals surface area contributed by atoms with E-state index in [0.717, 1.165) is 11.1 Å². The fourth-order valence-corrected chi connectivity index (χ4v) is 4.12. The van der Waals surface area contributed by atoms with Crippen LogP contribution in [-0.2, 0) is 0 Å². The highest BCUT2D eigenvalue weighted by atomic mass is 35.5. The van der Waals surface area contributed by atoms with Gasteiger partial charge in [0.1, 0.15) is 30.0 Å². The number of ketones is 1. The van der Waals surface area contributed by atoms with Crippen LogP contribution >= 0.6 is 11.6 Å². The van der Waals surface area contributed by atoms with Crippen molar-refractivity contribution in [2.24, 2.45) is 0 Å². The molecule has 0 bridgehead atoms. The van der Waals surface area contributed by atoms with E-state index in [1.807, 2.05) is 13.0 Å². The number of aliphatic hydroxyl groups is 1. The van der Waals surface area contributed by atoms with Crippen molar-refractivity contribution in [3.05, 3.63) is 88.3 Å². The van der Waals surface area contributed by atoms with E-state index in [0.29, 0.717) is 38.7 Å². The third-order valence-electron chi connectivity index (χ3n) is 5.50. The number of aromatic amines is 1. The Morgan fingerprint density at radius 2 is 1.94 bits per heavy atom. The summed E-state index contributed by atoms with van der Waals surface area (Å²) >= 11 is 6.16. The SMILES string of the molecule is COc1cc(NC(C(=O)c2c[nH]c3cc(F)ccc23)c2ccc(Cl)cc2C)cc(OCCO)c1. The third-order valence-corrected chi connectivity index (χ3v) is 5.74. The summed E-state index contributed by atoms with van der Waals surface area (Å²) in [5.74, 6) is 0.421. The zero-order valence-corrected chi connectivity index (χ0v) is 19.4. The highest BCUT2D eigenvalue weighted by Crippen LogP contribution is 2.33. The molecule has 0 amide bonds. The Labute approximate surface area is 201 Å². The molecule has 0 saturated heterocycles. The topological polar surface area (TPSA) is 83.6 Å². The van der Waals surface area contributed by atoms with Gasteiger partial charge in [0.05, 0.1) is 13.7 Å². The number of Topliss-reactive ketones (excluding diaryl/α,β-unsaturated/α-hetero) is 1. The molecule has 34 heavy (non-hydrogen) atoms. The molecule has 3 aromatic carbocycles. The average molecular weight is 483 g/mol. The van der Waals surface area contributed by atoms with Gasteiger partial charge in [-0.05, 0) is 48.4 Å². The second-order valence-electron chi connectivity index (χ2n) is 7.80. The van der Waals surface area contributed by atoms with Gasteiger partial charge in [-0.15, -0.1) is 0 Å². The molecule has 8 heteroatoms. The van der Waals surface area contributed by atoms with Gasteiger partial charge in [-0.1, -0.05) is 17.7 Å². The molecular formula is C26H24ClFN2O4. The van der Waals surface area contributed by atoms with Gasteiger partial charge < -0.3 is 24.9 Å². The van der Waals surface area contributed by atoms with Gasteiger partial charge in [0, 0.05) is 51.6 Å². The number of nitrogens with one attached hydrogen (secondary N) is 2. The third kappa shape index (κ3) is 5.00. The van der Waals surface area contributed by atoms with Crippen LogP contribution in [0.1, 0.15) is 27.5 Å². The van der Waals surface area contributed by atoms with Crippen LogP contribution in [0, 0.1) is 12.7 Å². The van der Waals surface area contributed by atoms with Crippen LogP contribution < -0.4 is 14.8 Å². The Bertz CT molecular complexity index is 1340. The summed E-state index contributed by atoms with van der Waals surface area (Å²) in [7, 11) is 1.53. The van der Waals surface area contributed by atoms with E-state index < -0.39 is 6.04 Å². The lowest BCUT2D eigenvalue weighted by Crippen LogP contribution is -2.22. The van der Waals surface area contributed by atoms with E-state index in [9.17, 15) is 9.18 Å². The predicted molar refractivity (Wildman–Crippen MR) is 131 cm³/mol. The standard InChI is InChI=1S/C26H24ClFN2O4/c1-15-9-16(27)3-5-21(15)25(26(32)23-14-29-24-10-17(28)4-6-22(23)24)30-18-11-19(33-2)13-20(12-18)34-8-7-31/h3-6,9-14,25,29-31H,7-8H2,1-2H3. The van der Waals surface area contributed by atoms with E-state index in [-0.39, 0.29) is 24.8 Å². The largest absolute Gasteiger partial charge is 0.497 e. The number of aliphatic hydroxyl groups excluding tert-OH is 1. The van der Waals surface area contributed by atoms with Crippen LogP contribution in [-0.4, -0.2) is 36.2 Å². The van der Waals surface area contributed by atoms with Crippen molar-refractivity contribution in [1.29, 1.82) is 0 Å². The molecule has 4 rings (SSSR count). The molecule has 0 fully saturated rings. The molecule has 1 atom stereocenters. The molecule has 6 nitrogen and oxygen atoms in total. The minimum absolute atomic E-state index is 0.122. The number of halogens is 2. The van der Waals surface area contributed by atoms with Crippen molar-refractivity contribution in [3.63, 3.8) is 0 Å². The van der Waals surface area contributed by atoms with Crippen LogP contribution in [0.2, 0.25) is 5.02 Å². The summed E-state index contributed by atoms with van der Waals surface area (Å²) < 4.78 is 24.6. The van der Waals surface area contributed by atoms with Gasteiger partial charge in [-0.3, -0.25) is 4.79 Å². The van der Waals surface area contributed by atoms with Crippen molar-refractivity contribution in [2.45, 2.75) is 13.0 Å². The Balaban J connectivity index is 1.78. The number of aryl methyl sites for hydroxylation is 1. The molecule has 1 aromatic heterocycles. The van der Waals surface area contributed by atoms with Gasteiger partial charge in [-0.25, -0.2) is 4.39 Å². The molecule has 1 unspecified atom stereocenters. The van der Waals surface area contributed by atoms with Crippen LogP contribution in [0.3, 0.4) is 0 Å². The number of benzene rings is 3. The second-order valence-corrected chi connectivity index (χ2v) is 8.24. The zero-order chi connectivity index (χ0) is 24.2. The maximum atomic E-state index is 13.9.